The first kappa shape index (κ1) is 17.3. The summed E-state index contributed by atoms with van der Waals surface area (Å²) in [4.78, 5) is 24.6. The number of methoxy groups -OCH3 is 2. The highest BCUT2D eigenvalue weighted by atomic mass is 16.5. The Kier molecular flexibility index (Phi) is 5.02. The van der Waals surface area contributed by atoms with Gasteiger partial charge in [-0.25, -0.2) is 4.68 Å². The highest BCUT2D eigenvalue weighted by Crippen LogP contribution is 2.18. The van der Waals surface area contributed by atoms with E-state index in [2.05, 4.69) is 10.4 Å². The lowest BCUT2D eigenvalue weighted by Crippen LogP contribution is -2.31. The van der Waals surface area contributed by atoms with E-state index >= 15 is 0 Å². The minimum Gasteiger partial charge on any atom is -0.497 e. The molecule has 26 heavy (non-hydrogen) atoms. The maximum Gasteiger partial charge on any atom is 0.276 e. The minimum atomic E-state index is -0.601. The predicted molar refractivity (Wildman–Crippen MR) is 92.8 cm³/mol. The molecule has 0 aliphatic rings. The average molecular weight is 355 g/mol. The lowest BCUT2D eigenvalue weighted by Gasteiger charge is -2.13. The second kappa shape index (κ2) is 7.56. The molecule has 0 saturated heterocycles. The second-order valence-corrected chi connectivity index (χ2v) is 5.27. The maximum atomic E-state index is 12.4. The predicted octanol–water partition coefficient (Wildman–Crippen LogP) is 1.77. The normalized spacial score (nSPS) is 10.4. The van der Waals surface area contributed by atoms with Crippen molar-refractivity contribution in [3.63, 3.8) is 0 Å². The molecule has 0 aliphatic heterocycles. The summed E-state index contributed by atoms with van der Waals surface area (Å²) < 4.78 is 16.9. The van der Waals surface area contributed by atoms with Crippen molar-refractivity contribution in [2.24, 2.45) is 0 Å². The van der Waals surface area contributed by atoms with Crippen molar-refractivity contribution in [2.75, 3.05) is 14.2 Å². The Hall–Kier alpha value is -3.55. The van der Waals surface area contributed by atoms with Crippen molar-refractivity contribution >= 4 is 5.91 Å². The molecule has 8 nitrogen and oxygen atoms in total. The number of aromatic nitrogens is 2. The molecule has 0 fully saturated rings. The Labute approximate surface area is 149 Å². The van der Waals surface area contributed by atoms with Crippen LogP contribution in [0.25, 0.3) is 5.69 Å². The summed E-state index contributed by atoms with van der Waals surface area (Å²) in [5.41, 5.74) is -0.167. The van der Waals surface area contributed by atoms with Crippen LogP contribution in [-0.2, 0) is 6.54 Å². The quantitative estimate of drug-likeness (QED) is 0.724. The number of nitrogens with one attached hydrogen (secondary N) is 1. The number of ether oxygens (including phenoxy) is 2. The summed E-state index contributed by atoms with van der Waals surface area (Å²) in [5.74, 6) is 0.853. The molecule has 134 valence electrons. The zero-order chi connectivity index (χ0) is 18.5. The maximum absolute atomic E-state index is 12.4. The van der Waals surface area contributed by atoms with Gasteiger partial charge in [0.05, 0.1) is 38.8 Å². The molecule has 3 aromatic rings. The number of hydrogen-bond donors (Lipinski definition) is 1. The largest absolute Gasteiger partial charge is 0.497 e. The van der Waals surface area contributed by atoms with Crippen molar-refractivity contribution in [1.29, 1.82) is 0 Å². The van der Waals surface area contributed by atoms with Gasteiger partial charge in [0, 0.05) is 0 Å². The Balaban J connectivity index is 1.92. The van der Waals surface area contributed by atoms with Gasteiger partial charge in [-0.15, -0.1) is 0 Å². The van der Waals surface area contributed by atoms with E-state index in [0.29, 0.717) is 17.2 Å². The number of carbonyl (C=O) groups excluding carboxylic acids is 1. The van der Waals surface area contributed by atoms with Crippen LogP contribution >= 0.6 is 0 Å². The fourth-order valence-electron chi connectivity index (χ4n) is 2.32. The van der Waals surface area contributed by atoms with Gasteiger partial charge in [-0.3, -0.25) is 9.59 Å². The molecule has 8 heteroatoms. The highest BCUT2D eigenvalue weighted by molar-refractivity contribution is 5.92. The van der Waals surface area contributed by atoms with Gasteiger partial charge in [0.25, 0.3) is 5.91 Å². The number of furan rings is 1. The number of amides is 1. The Morgan fingerprint density at radius 1 is 1.19 bits per heavy atom. The van der Waals surface area contributed by atoms with Gasteiger partial charge in [-0.1, -0.05) is 0 Å². The minimum absolute atomic E-state index is 0.154. The Morgan fingerprint density at radius 3 is 2.58 bits per heavy atom. The van der Waals surface area contributed by atoms with Crippen molar-refractivity contribution < 1.29 is 18.7 Å². The van der Waals surface area contributed by atoms with E-state index in [1.165, 1.54) is 24.1 Å². The van der Waals surface area contributed by atoms with E-state index in [9.17, 15) is 9.59 Å². The van der Waals surface area contributed by atoms with E-state index in [0.717, 1.165) is 0 Å². The zero-order valence-corrected chi connectivity index (χ0v) is 14.3. The van der Waals surface area contributed by atoms with Gasteiger partial charge >= 0.3 is 0 Å². The van der Waals surface area contributed by atoms with E-state index in [-0.39, 0.29) is 18.1 Å². The van der Waals surface area contributed by atoms with E-state index in [4.69, 9.17) is 13.9 Å². The molecular formula is C18H17N3O5. The summed E-state index contributed by atoms with van der Waals surface area (Å²) in [5, 5.41) is 6.77. The molecule has 2 aromatic heterocycles. The van der Waals surface area contributed by atoms with Crippen LogP contribution in [0.15, 0.2) is 57.9 Å². The smallest absolute Gasteiger partial charge is 0.276 e. The molecule has 1 N–H and O–H groups in total. The molecule has 1 aromatic carbocycles. The van der Waals surface area contributed by atoms with Crippen molar-refractivity contribution in [3.05, 3.63) is 70.4 Å². The van der Waals surface area contributed by atoms with Gasteiger partial charge in [-0.2, -0.15) is 5.10 Å². The van der Waals surface area contributed by atoms with E-state index < -0.39 is 11.3 Å². The van der Waals surface area contributed by atoms with Gasteiger partial charge in [0.1, 0.15) is 11.5 Å². The molecule has 1 amide bonds. The van der Waals surface area contributed by atoms with Crippen LogP contribution in [0.2, 0.25) is 0 Å². The van der Waals surface area contributed by atoms with Crippen LogP contribution in [0, 0.1) is 0 Å². The summed E-state index contributed by atoms with van der Waals surface area (Å²) in [6, 6.07) is 11.6. The van der Waals surface area contributed by atoms with Crippen LogP contribution in [-0.4, -0.2) is 29.9 Å². The first-order valence-electron chi connectivity index (χ1n) is 7.75. The third-order valence-electron chi connectivity index (χ3n) is 3.64. The molecule has 0 aliphatic carbocycles. The van der Waals surface area contributed by atoms with Crippen LogP contribution in [0.5, 0.6) is 11.6 Å². The first-order chi connectivity index (χ1) is 12.6. The summed E-state index contributed by atoms with van der Waals surface area (Å²) in [6.45, 7) is 0.154. The Morgan fingerprint density at radius 2 is 1.96 bits per heavy atom. The Bertz CT molecular complexity index is 946. The van der Waals surface area contributed by atoms with Crippen molar-refractivity contribution in [3.8, 4) is 17.3 Å². The third kappa shape index (κ3) is 3.59. The number of benzene rings is 1. The van der Waals surface area contributed by atoms with Crippen molar-refractivity contribution in [2.45, 2.75) is 6.54 Å². The number of rotatable bonds is 6. The standard InChI is InChI=1S/C18H17N3O5/c1-24-13-7-5-12(6-8-13)21-16(25-2)10-15(22)17(20-21)18(23)19-11-14-4-3-9-26-14/h3-10H,11H2,1-2H3,(H,19,23). The van der Waals surface area contributed by atoms with Gasteiger partial charge in [-0.05, 0) is 36.4 Å². The molecule has 2 heterocycles. The van der Waals surface area contributed by atoms with E-state index in [1.807, 2.05) is 0 Å². The fraction of sp³-hybridized carbons (Fsp3) is 0.167. The highest BCUT2D eigenvalue weighted by Gasteiger charge is 2.17. The van der Waals surface area contributed by atoms with Gasteiger partial charge in [0.2, 0.25) is 11.3 Å². The van der Waals surface area contributed by atoms with Crippen LogP contribution in [0.4, 0.5) is 0 Å². The topological polar surface area (TPSA) is 95.6 Å². The molecule has 0 saturated carbocycles. The molecule has 0 bridgehead atoms. The SMILES string of the molecule is COc1ccc(-n2nc(C(=O)NCc3ccco3)c(=O)cc2OC)cc1. The van der Waals surface area contributed by atoms with Crippen LogP contribution in [0.1, 0.15) is 16.2 Å². The molecule has 0 radical (unpaired) electrons. The molecule has 3 rings (SSSR count). The summed E-state index contributed by atoms with van der Waals surface area (Å²) in [7, 11) is 2.99. The molecule has 0 atom stereocenters. The third-order valence-corrected chi connectivity index (χ3v) is 3.64. The molecule has 0 unspecified atom stereocenters. The number of nitrogens with zero attached hydrogens (tertiary/aromatic N) is 2. The lowest BCUT2D eigenvalue weighted by atomic mass is 10.3. The average Bonchev–Trinajstić information content (AvgIpc) is 3.19. The molecule has 0 spiro atoms. The van der Waals surface area contributed by atoms with Gasteiger partial charge in [0.15, 0.2) is 5.69 Å². The number of carbonyl (C=O) groups is 1. The van der Waals surface area contributed by atoms with Crippen molar-refractivity contribution in [1.82, 2.24) is 15.1 Å². The van der Waals surface area contributed by atoms with Crippen LogP contribution in [0.3, 0.4) is 0 Å². The van der Waals surface area contributed by atoms with Gasteiger partial charge < -0.3 is 19.2 Å². The lowest BCUT2D eigenvalue weighted by molar-refractivity contribution is 0.0939. The molecular weight excluding hydrogens is 338 g/mol. The number of hydrogen-bond acceptors (Lipinski definition) is 6. The summed E-state index contributed by atoms with van der Waals surface area (Å²) >= 11 is 0. The fourth-order valence-corrected chi connectivity index (χ4v) is 2.32. The summed E-state index contributed by atoms with van der Waals surface area (Å²) in [6.07, 6.45) is 1.50. The van der Waals surface area contributed by atoms with E-state index in [1.54, 1.807) is 43.5 Å². The van der Waals surface area contributed by atoms with Crippen LogP contribution < -0.4 is 20.2 Å². The first-order valence-corrected chi connectivity index (χ1v) is 7.75. The second-order valence-electron chi connectivity index (χ2n) is 5.27. The monoisotopic (exact) mass is 355 g/mol. The zero-order valence-electron chi connectivity index (χ0n) is 14.3.